The average molecular weight is 267 g/mol. The van der Waals surface area contributed by atoms with E-state index >= 15 is 0 Å². The Kier molecular flexibility index (Phi) is 5.69. The molecule has 0 aromatic heterocycles. The quantitative estimate of drug-likeness (QED) is 0.657. The highest BCUT2D eigenvalue weighted by Gasteiger charge is 2.16. The van der Waals surface area contributed by atoms with Gasteiger partial charge in [-0.2, -0.15) is 0 Å². The van der Waals surface area contributed by atoms with Crippen molar-refractivity contribution in [3.05, 3.63) is 29.8 Å². The zero-order chi connectivity index (χ0) is 13.6. The first-order valence-electron chi connectivity index (χ1n) is 5.99. The Morgan fingerprint density at radius 2 is 2.00 bits per heavy atom. The summed E-state index contributed by atoms with van der Waals surface area (Å²) >= 11 is 1.52. The van der Waals surface area contributed by atoms with Gasteiger partial charge in [0.15, 0.2) is 0 Å². The van der Waals surface area contributed by atoms with Crippen LogP contribution in [-0.4, -0.2) is 24.4 Å². The van der Waals surface area contributed by atoms with E-state index in [2.05, 4.69) is 11.4 Å². The van der Waals surface area contributed by atoms with Crippen molar-refractivity contribution in [3.63, 3.8) is 0 Å². The van der Waals surface area contributed by atoms with E-state index in [1.165, 1.54) is 17.3 Å². The molecule has 4 heteroatoms. The van der Waals surface area contributed by atoms with Crippen molar-refractivity contribution in [1.82, 2.24) is 5.32 Å². The van der Waals surface area contributed by atoms with Gasteiger partial charge in [0.05, 0.1) is 5.75 Å². The van der Waals surface area contributed by atoms with Gasteiger partial charge >= 0.3 is 5.97 Å². The smallest absolute Gasteiger partial charge is 0.316 e. The summed E-state index contributed by atoms with van der Waals surface area (Å²) in [6.07, 6.45) is 0. The lowest BCUT2D eigenvalue weighted by atomic mass is 10.2. The molecule has 1 aromatic rings. The molecule has 0 amide bonds. The molecular weight excluding hydrogens is 246 g/mol. The molecule has 18 heavy (non-hydrogen) atoms. The molecule has 0 unspecified atom stereocenters. The van der Waals surface area contributed by atoms with Crippen LogP contribution >= 0.6 is 11.8 Å². The largest absolute Gasteiger partial charge is 0.459 e. The number of carbonyl (C=O) groups is 1. The molecule has 0 aliphatic rings. The number of ether oxygens (including phenoxy) is 1. The summed E-state index contributed by atoms with van der Waals surface area (Å²) in [5.74, 6) is 0.171. The summed E-state index contributed by atoms with van der Waals surface area (Å²) in [5, 5.41) is 3.12. The number of esters is 1. The maximum atomic E-state index is 11.6. The molecular formula is C14H21NO2S. The molecule has 100 valence electrons. The summed E-state index contributed by atoms with van der Waals surface area (Å²) < 4.78 is 5.28. The highest BCUT2D eigenvalue weighted by atomic mass is 32.2. The van der Waals surface area contributed by atoms with Gasteiger partial charge in [0.2, 0.25) is 0 Å². The first-order valence-corrected chi connectivity index (χ1v) is 6.98. The van der Waals surface area contributed by atoms with Gasteiger partial charge in [0.25, 0.3) is 0 Å². The van der Waals surface area contributed by atoms with Crippen LogP contribution in [0.25, 0.3) is 0 Å². The van der Waals surface area contributed by atoms with E-state index in [-0.39, 0.29) is 5.97 Å². The third-order valence-electron chi connectivity index (χ3n) is 2.11. The van der Waals surface area contributed by atoms with E-state index in [1.807, 2.05) is 46.0 Å². The number of benzene rings is 1. The van der Waals surface area contributed by atoms with Crippen molar-refractivity contribution < 1.29 is 9.53 Å². The maximum absolute atomic E-state index is 11.6. The fourth-order valence-electron chi connectivity index (χ4n) is 1.49. The van der Waals surface area contributed by atoms with Crippen LogP contribution in [0.4, 0.5) is 0 Å². The van der Waals surface area contributed by atoms with Gasteiger partial charge in [-0.25, -0.2) is 0 Å². The summed E-state index contributed by atoms with van der Waals surface area (Å²) in [7, 11) is 1.91. The van der Waals surface area contributed by atoms with Gasteiger partial charge in [-0.15, -0.1) is 11.8 Å². The molecule has 1 N–H and O–H groups in total. The molecule has 0 heterocycles. The lowest BCUT2D eigenvalue weighted by Gasteiger charge is -2.19. The second kappa shape index (κ2) is 6.81. The third kappa shape index (κ3) is 5.56. The van der Waals surface area contributed by atoms with Crippen LogP contribution < -0.4 is 5.32 Å². The fraction of sp³-hybridized carbons (Fsp3) is 0.500. The Bertz CT molecular complexity index is 399. The van der Waals surface area contributed by atoms with Gasteiger partial charge < -0.3 is 10.1 Å². The zero-order valence-electron chi connectivity index (χ0n) is 11.4. The molecule has 0 spiro atoms. The number of rotatable bonds is 5. The minimum absolute atomic E-state index is 0.174. The number of thioether (sulfide) groups is 1. The topological polar surface area (TPSA) is 38.3 Å². The van der Waals surface area contributed by atoms with Crippen LogP contribution in [0, 0.1) is 0 Å². The van der Waals surface area contributed by atoms with Crippen LogP contribution in [0.3, 0.4) is 0 Å². The number of hydrogen-bond donors (Lipinski definition) is 1. The predicted octanol–water partition coefficient (Wildman–Crippen LogP) is 2.84. The van der Waals surface area contributed by atoms with Crippen LogP contribution in [0.2, 0.25) is 0 Å². The van der Waals surface area contributed by atoms with E-state index in [4.69, 9.17) is 4.74 Å². The normalized spacial score (nSPS) is 11.3. The molecule has 1 aromatic carbocycles. The Morgan fingerprint density at radius 3 is 2.61 bits per heavy atom. The lowest BCUT2D eigenvalue weighted by molar-refractivity contribution is -0.151. The molecule has 0 radical (unpaired) electrons. The zero-order valence-corrected chi connectivity index (χ0v) is 12.3. The SMILES string of the molecule is CNCc1ccccc1SCC(=O)OC(C)(C)C. The number of nitrogens with one attached hydrogen (secondary N) is 1. The Balaban J connectivity index is 2.55. The monoisotopic (exact) mass is 267 g/mol. The van der Waals surface area contributed by atoms with E-state index in [1.54, 1.807) is 0 Å². The minimum atomic E-state index is -0.415. The number of hydrogen-bond acceptors (Lipinski definition) is 4. The van der Waals surface area contributed by atoms with Gasteiger partial charge in [0, 0.05) is 11.4 Å². The second-order valence-electron chi connectivity index (χ2n) is 5.01. The van der Waals surface area contributed by atoms with Crippen molar-refractivity contribution in [2.45, 2.75) is 37.8 Å². The average Bonchev–Trinajstić information content (AvgIpc) is 2.26. The number of carbonyl (C=O) groups excluding carboxylic acids is 1. The predicted molar refractivity (Wildman–Crippen MR) is 75.8 cm³/mol. The molecule has 3 nitrogen and oxygen atoms in total. The first-order chi connectivity index (χ1) is 8.42. The second-order valence-corrected chi connectivity index (χ2v) is 6.03. The van der Waals surface area contributed by atoms with Crippen molar-refractivity contribution >= 4 is 17.7 Å². The van der Waals surface area contributed by atoms with E-state index in [0.29, 0.717) is 5.75 Å². The van der Waals surface area contributed by atoms with E-state index in [0.717, 1.165) is 11.4 Å². The van der Waals surface area contributed by atoms with Crippen molar-refractivity contribution in [1.29, 1.82) is 0 Å². The Hall–Kier alpha value is -1.00. The van der Waals surface area contributed by atoms with Gasteiger partial charge in [-0.1, -0.05) is 18.2 Å². The van der Waals surface area contributed by atoms with Crippen LogP contribution in [-0.2, 0) is 16.1 Å². The molecule has 0 fully saturated rings. The molecule has 1 rings (SSSR count). The summed E-state index contributed by atoms with van der Waals surface area (Å²) in [6.45, 7) is 6.44. The van der Waals surface area contributed by atoms with Crippen molar-refractivity contribution in [3.8, 4) is 0 Å². The van der Waals surface area contributed by atoms with Gasteiger partial charge in [-0.3, -0.25) is 4.79 Å². The van der Waals surface area contributed by atoms with E-state index < -0.39 is 5.60 Å². The van der Waals surface area contributed by atoms with Crippen LogP contribution in [0.1, 0.15) is 26.3 Å². The van der Waals surface area contributed by atoms with Gasteiger partial charge in [-0.05, 0) is 39.4 Å². The van der Waals surface area contributed by atoms with E-state index in [9.17, 15) is 4.79 Å². The third-order valence-corrected chi connectivity index (χ3v) is 3.19. The highest BCUT2D eigenvalue weighted by molar-refractivity contribution is 8.00. The minimum Gasteiger partial charge on any atom is -0.459 e. The van der Waals surface area contributed by atoms with Crippen molar-refractivity contribution in [2.24, 2.45) is 0 Å². The summed E-state index contributed by atoms with van der Waals surface area (Å²) in [5.41, 5.74) is 0.788. The molecule has 0 saturated carbocycles. The lowest BCUT2D eigenvalue weighted by Crippen LogP contribution is -2.24. The fourth-order valence-corrected chi connectivity index (χ4v) is 2.32. The molecule has 0 saturated heterocycles. The summed E-state index contributed by atoms with van der Waals surface area (Å²) in [4.78, 5) is 12.8. The Labute approximate surface area is 113 Å². The Morgan fingerprint density at radius 1 is 1.33 bits per heavy atom. The molecule has 0 aliphatic heterocycles. The molecule has 0 aliphatic carbocycles. The summed E-state index contributed by atoms with van der Waals surface area (Å²) in [6, 6.07) is 8.08. The van der Waals surface area contributed by atoms with Crippen molar-refractivity contribution in [2.75, 3.05) is 12.8 Å². The molecule has 0 atom stereocenters. The maximum Gasteiger partial charge on any atom is 0.316 e. The molecule has 0 bridgehead atoms. The first kappa shape index (κ1) is 15.1. The standard InChI is InChI=1S/C14H21NO2S/c1-14(2,3)17-13(16)10-18-12-8-6-5-7-11(12)9-15-4/h5-8,15H,9-10H2,1-4H3. The highest BCUT2D eigenvalue weighted by Crippen LogP contribution is 2.23. The van der Waals surface area contributed by atoms with Crippen LogP contribution in [0.5, 0.6) is 0 Å². The van der Waals surface area contributed by atoms with Gasteiger partial charge in [0.1, 0.15) is 5.60 Å². The van der Waals surface area contributed by atoms with Crippen LogP contribution in [0.15, 0.2) is 29.2 Å².